The highest BCUT2D eigenvalue weighted by atomic mass is 16.7. The number of rotatable bonds is 3. The van der Waals surface area contributed by atoms with Gasteiger partial charge in [0.05, 0.1) is 18.1 Å². The zero-order valence-electron chi connectivity index (χ0n) is 8.95. The second-order valence-corrected chi connectivity index (χ2v) is 4.30. The number of ether oxygens (including phenoxy) is 2. The van der Waals surface area contributed by atoms with Gasteiger partial charge in [0.1, 0.15) is 0 Å². The topological polar surface area (TPSA) is 55.8 Å². The molecular weight excluding hydrogens is 184 g/mol. The van der Waals surface area contributed by atoms with Gasteiger partial charge in [-0.1, -0.05) is 6.92 Å². The normalized spacial score (nSPS) is 27.7. The quantitative estimate of drug-likeness (QED) is 0.695. The number of aliphatic hydroxyl groups is 1. The lowest BCUT2D eigenvalue weighted by Gasteiger charge is -2.22. The van der Waals surface area contributed by atoms with Crippen LogP contribution in [0, 0.1) is 5.41 Å². The van der Waals surface area contributed by atoms with Gasteiger partial charge in [-0.2, -0.15) is 0 Å². The third-order valence-corrected chi connectivity index (χ3v) is 2.61. The van der Waals surface area contributed by atoms with Gasteiger partial charge in [0.2, 0.25) is 6.29 Å². The first kappa shape index (κ1) is 11.5. The first-order valence-electron chi connectivity index (χ1n) is 4.96. The van der Waals surface area contributed by atoms with Gasteiger partial charge >= 0.3 is 5.97 Å². The highest BCUT2D eigenvalue weighted by Crippen LogP contribution is 2.24. The zero-order valence-corrected chi connectivity index (χ0v) is 8.95. The molecule has 0 amide bonds. The Bertz CT molecular complexity index is 212. The molecule has 2 atom stereocenters. The zero-order chi connectivity index (χ0) is 10.8. The second-order valence-electron chi connectivity index (χ2n) is 4.30. The van der Waals surface area contributed by atoms with Crippen LogP contribution in [-0.4, -0.2) is 30.1 Å². The van der Waals surface area contributed by atoms with Crippen LogP contribution in [0.15, 0.2) is 0 Å². The third-order valence-electron chi connectivity index (χ3n) is 2.61. The maximum Gasteiger partial charge on any atom is 0.313 e. The minimum absolute atomic E-state index is 0.254. The predicted octanol–water partition coefficient (Wildman–Crippen LogP) is 1.07. The molecule has 1 N–H and O–H groups in total. The van der Waals surface area contributed by atoms with Crippen LogP contribution in [0.25, 0.3) is 0 Å². The van der Waals surface area contributed by atoms with Crippen molar-refractivity contribution in [1.29, 1.82) is 0 Å². The fraction of sp³-hybridized carbons (Fsp3) is 0.900. The Morgan fingerprint density at radius 1 is 1.64 bits per heavy atom. The van der Waals surface area contributed by atoms with Crippen molar-refractivity contribution in [1.82, 2.24) is 0 Å². The SMILES string of the molecule is CCC(C)(C)C(=O)OC1CC(O)CO1. The van der Waals surface area contributed by atoms with Crippen molar-refractivity contribution >= 4 is 5.97 Å². The summed E-state index contributed by atoms with van der Waals surface area (Å²) >= 11 is 0. The fourth-order valence-corrected chi connectivity index (χ4v) is 1.08. The average molecular weight is 202 g/mol. The van der Waals surface area contributed by atoms with Gasteiger partial charge in [0.25, 0.3) is 0 Å². The van der Waals surface area contributed by atoms with E-state index < -0.39 is 17.8 Å². The van der Waals surface area contributed by atoms with Crippen molar-refractivity contribution in [3.8, 4) is 0 Å². The summed E-state index contributed by atoms with van der Waals surface area (Å²) in [6.45, 7) is 5.86. The number of hydrogen-bond donors (Lipinski definition) is 1. The smallest absolute Gasteiger partial charge is 0.313 e. The van der Waals surface area contributed by atoms with Gasteiger partial charge in [0.15, 0.2) is 0 Å². The summed E-state index contributed by atoms with van der Waals surface area (Å²) in [5.74, 6) is -0.265. The maximum atomic E-state index is 11.6. The van der Waals surface area contributed by atoms with Crippen LogP contribution in [0.3, 0.4) is 0 Å². The van der Waals surface area contributed by atoms with Crippen LogP contribution in [0.5, 0.6) is 0 Å². The van der Waals surface area contributed by atoms with Crippen molar-refractivity contribution in [3.63, 3.8) is 0 Å². The summed E-state index contributed by atoms with van der Waals surface area (Å²) in [6, 6.07) is 0. The van der Waals surface area contributed by atoms with Gasteiger partial charge < -0.3 is 14.6 Å². The van der Waals surface area contributed by atoms with E-state index in [0.29, 0.717) is 6.42 Å². The third kappa shape index (κ3) is 2.69. The van der Waals surface area contributed by atoms with E-state index in [9.17, 15) is 4.79 Å². The monoisotopic (exact) mass is 202 g/mol. The lowest BCUT2D eigenvalue weighted by atomic mass is 9.91. The van der Waals surface area contributed by atoms with Gasteiger partial charge in [-0.15, -0.1) is 0 Å². The van der Waals surface area contributed by atoms with E-state index in [-0.39, 0.29) is 12.6 Å². The predicted molar refractivity (Wildman–Crippen MR) is 50.5 cm³/mol. The van der Waals surface area contributed by atoms with Crippen LogP contribution in [0.4, 0.5) is 0 Å². The van der Waals surface area contributed by atoms with E-state index in [0.717, 1.165) is 6.42 Å². The summed E-state index contributed by atoms with van der Waals surface area (Å²) in [7, 11) is 0. The largest absolute Gasteiger partial charge is 0.435 e. The van der Waals surface area contributed by atoms with Gasteiger partial charge in [0, 0.05) is 6.42 Å². The van der Waals surface area contributed by atoms with Gasteiger partial charge in [-0.3, -0.25) is 4.79 Å². The Hall–Kier alpha value is -0.610. The molecule has 82 valence electrons. The standard InChI is InChI=1S/C10H18O4/c1-4-10(2,3)9(12)14-8-5-7(11)6-13-8/h7-8,11H,4-6H2,1-3H3. The van der Waals surface area contributed by atoms with Crippen molar-refractivity contribution in [2.24, 2.45) is 5.41 Å². The lowest BCUT2D eigenvalue weighted by Crippen LogP contribution is -2.30. The molecule has 4 heteroatoms. The molecule has 1 rings (SSSR count). The van der Waals surface area contributed by atoms with Crippen LogP contribution >= 0.6 is 0 Å². The summed E-state index contributed by atoms with van der Waals surface area (Å²) < 4.78 is 10.2. The Morgan fingerprint density at radius 2 is 2.29 bits per heavy atom. The molecule has 0 bridgehead atoms. The van der Waals surface area contributed by atoms with E-state index in [1.54, 1.807) is 0 Å². The minimum atomic E-state index is -0.566. The van der Waals surface area contributed by atoms with E-state index >= 15 is 0 Å². The Balaban J connectivity index is 2.41. The number of esters is 1. The molecule has 0 aromatic carbocycles. The van der Waals surface area contributed by atoms with E-state index in [2.05, 4.69) is 0 Å². The van der Waals surface area contributed by atoms with Gasteiger partial charge in [-0.25, -0.2) is 0 Å². The van der Waals surface area contributed by atoms with Crippen LogP contribution < -0.4 is 0 Å². The molecule has 1 saturated heterocycles. The fourth-order valence-electron chi connectivity index (χ4n) is 1.08. The highest BCUT2D eigenvalue weighted by Gasteiger charge is 2.33. The molecule has 1 aliphatic rings. The number of aliphatic hydroxyl groups excluding tert-OH is 1. The number of hydrogen-bond acceptors (Lipinski definition) is 4. The van der Waals surface area contributed by atoms with E-state index in [4.69, 9.17) is 14.6 Å². The maximum absolute atomic E-state index is 11.6. The Kier molecular flexibility index (Phi) is 3.50. The summed E-state index contributed by atoms with van der Waals surface area (Å²) in [5, 5.41) is 9.16. The van der Waals surface area contributed by atoms with E-state index in [1.807, 2.05) is 20.8 Å². The average Bonchev–Trinajstić information content (AvgIpc) is 2.51. The Labute approximate surface area is 84.2 Å². The number of carbonyl (C=O) groups is 1. The lowest BCUT2D eigenvalue weighted by molar-refractivity contribution is -0.180. The van der Waals surface area contributed by atoms with Crippen molar-refractivity contribution in [3.05, 3.63) is 0 Å². The van der Waals surface area contributed by atoms with Crippen LogP contribution in [0.2, 0.25) is 0 Å². The molecule has 0 radical (unpaired) electrons. The molecule has 1 aliphatic heterocycles. The molecular formula is C10H18O4. The first-order valence-corrected chi connectivity index (χ1v) is 4.96. The number of carbonyl (C=O) groups excluding carboxylic acids is 1. The van der Waals surface area contributed by atoms with E-state index in [1.165, 1.54) is 0 Å². The van der Waals surface area contributed by atoms with Crippen molar-refractivity contribution in [2.45, 2.75) is 46.0 Å². The molecule has 0 spiro atoms. The molecule has 0 aromatic rings. The summed E-state index contributed by atoms with van der Waals surface area (Å²) in [5.41, 5.74) is -0.475. The van der Waals surface area contributed by atoms with Gasteiger partial charge in [-0.05, 0) is 20.3 Å². The summed E-state index contributed by atoms with van der Waals surface area (Å²) in [6.07, 6.45) is 0.0352. The highest BCUT2D eigenvalue weighted by molar-refractivity contribution is 5.75. The van der Waals surface area contributed by atoms with Crippen LogP contribution in [0.1, 0.15) is 33.6 Å². The molecule has 4 nitrogen and oxygen atoms in total. The molecule has 0 aromatic heterocycles. The molecule has 1 heterocycles. The van der Waals surface area contributed by atoms with Crippen molar-refractivity contribution < 1.29 is 19.4 Å². The second kappa shape index (κ2) is 4.28. The molecule has 14 heavy (non-hydrogen) atoms. The molecule has 1 fully saturated rings. The summed E-state index contributed by atoms with van der Waals surface area (Å²) in [4.78, 5) is 11.6. The Morgan fingerprint density at radius 3 is 2.71 bits per heavy atom. The first-order chi connectivity index (χ1) is 6.45. The molecule has 0 saturated carbocycles. The minimum Gasteiger partial charge on any atom is -0.435 e. The molecule has 0 aliphatic carbocycles. The van der Waals surface area contributed by atoms with Crippen molar-refractivity contribution in [2.75, 3.05) is 6.61 Å². The molecule has 2 unspecified atom stereocenters. The van der Waals surface area contributed by atoms with Crippen LogP contribution in [-0.2, 0) is 14.3 Å².